The molecule has 0 radical (unpaired) electrons. The van der Waals surface area contributed by atoms with Gasteiger partial charge >= 0.3 is 0 Å². The molecule has 1 atom stereocenters. The predicted molar refractivity (Wildman–Crippen MR) is 96.8 cm³/mol. The third-order valence-electron chi connectivity index (χ3n) is 3.21. The van der Waals surface area contributed by atoms with Gasteiger partial charge < -0.3 is 0 Å². The molecule has 0 saturated heterocycles. The number of rotatable bonds is 5. The van der Waals surface area contributed by atoms with Crippen LogP contribution in [0.3, 0.4) is 0 Å². The van der Waals surface area contributed by atoms with E-state index >= 15 is 0 Å². The fraction of sp³-hybridized carbons (Fsp3) is 0.529. The molecule has 2 heterocycles. The van der Waals surface area contributed by atoms with Crippen molar-refractivity contribution in [1.29, 1.82) is 0 Å². The molecule has 2 aromatic rings. The Labute approximate surface area is 141 Å². The highest BCUT2D eigenvalue weighted by atomic mass is 35.5. The van der Waals surface area contributed by atoms with Gasteiger partial charge in [-0.2, -0.15) is 0 Å². The van der Waals surface area contributed by atoms with Gasteiger partial charge in [0.2, 0.25) is 0 Å². The minimum atomic E-state index is 0.0589. The molecule has 0 amide bonds. The molecule has 0 aliphatic carbocycles. The Balaban J connectivity index is 2.25. The molecule has 0 saturated carbocycles. The summed E-state index contributed by atoms with van der Waals surface area (Å²) in [6.07, 6.45) is 1.11. The van der Waals surface area contributed by atoms with Gasteiger partial charge in [-0.3, -0.25) is 5.32 Å². The molecule has 2 aromatic heterocycles. The van der Waals surface area contributed by atoms with Crippen molar-refractivity contribution in [3.63, 3.8) is 0 Å². The lowest BCUT2D eigenvalue weighted by Crippen LogP contribution is -2.44. The molecule has 1 N–H and O–H groups in total. The highest BCUT2D eigenvalue weighted by molar-refractivity contribution is 7.16. The van der Waals surface area contributed by atoms with Crippen LogP contribution >= 0.6 is 34.3 Å². The van der Waals surface area contributed by atoms with Crippen molar-refractivity contribution in [2.24, 2.45) is 5.41 Å². The Morgan fingerprint density at radius 3 is 2.29 bits per heavy atom. The van der Waals surface area contributed by atoms with E-state index in [0.717, 1.165) is 10.8 Å². The lowest BCUT2D eigenvalue weighted by atomic mass is 9.81. The van der Waals surface area contributed by atoms with Gasteiger partial charge in [-0.25, -0.2) is 0 Å². The molecule has 0 fully saturated rings. The quantitative estimate of drug-likeness (QED) is 0.667. The highest BCUT2D eigenvalue weighted by Crippen LogP contribution is 2.36. The first-order valence-corrected chi connectivity index (χ1v) is 9.30. The first-order valence-electron chi connectivity index (χ1n) is 7.23. The largest absolute Gasteiger partial charge is 0.300 e. The van der Waals surface area contributed by atoms with Gasteiger partial charge in [0.15, 0.2) is 0 Å². The number of hydrogen-bond acceptors (Lipinski definition) is 3. The zero-order valence-corrected chi connectivity index (χ0v) is 15.8. The van der Waals surface area contributed by atoms with E-state index in [1.165, 1.54) is 9.75 Å². The zero-order valence-electron chi connectivity index (χ0n) is 13.4. The topological polar surface area (TPSA) is 12.0 Å². The summed E-state index contributed by atoms with van der Waals surface area (Å²) < 4.78 is 0.849. The summed E-state index contributed by atoms with van der Waals surface area (Å²) in [5.74, 6) is 0. The molecular weight excluding hydrogens is 318 g/mol. The van der Waals surface area contributed by atoms with Crippen LogP contribution in [0, 0.1) is 5.41 Å². The van der Waals surface area contributed by atoms with Crippen molar-refractivity contribution in [1.82, 2.24) is 5.32 Å². The third-order valence-corrected chi connectivity index (χ3v) is 5.45. The van der Waals surface area contributed by atoms with E-state index in [1.807, 2.05) is 6.07 Å². The molecule has 1 nitrogen and oxygen atoms in total. The second-order valence-electron chi connectivity index (χ2n) is 7.36. The molecule has 116 valence electrons. The Kier molecular flexibility index (Phi) is 5.19. The van der Waals surface area contributed by atoms with Crippen LogP contribution in [-0.4, -0.2) is 5.54 Å². The van der Waals surface area contributed by atoms with Crippen LogP contribution in [0.1, 0.15) is 56.8 Å². The van der Waals surface area contributed by atoms with Crippen LogP contribution in [0.4, 0.5) is 0 Å². The fourth-order valence-corrected chi connectivity index (χ4v) is 4.99. The summed E-state index contributed by atoms with van der Waals surface area (Å²) in [6.45, 7) is 11.4. The third kappa shape index (κ3) is 5.10. The summed E-state index contributed by atoms with van der Waals surface area (Å²) >= 11 is 9.59. The SMILES string of the molecule is CC(C)(C)CC(C)(C)NC(c1cccs1)c1ccc(Cl)s1. The molecule has 0 bridgehead atoms. The van der Waals surface area contributed by atoms with E-state index in [4.69, 9.17) is 11.6 Å². The Morgan fingerprint density at radius 1 is 1.10 bits per heavy atom. The summed E-state index contributed by atoms with van der Waals surface area (Å²) in [5.41, 5.74) is 0.354. The van der Waals surface area contributed by atoms with E-state index in [0.29, 0.717) is 5.41 Å². The van der Waals surface area contributed by atoms with Gasteiger partial charge in [-0.1, -0.05) is 38.4 Å². The number of halogens is 1. The maximum absolute atomic E-state index is 6.14. The van der Waals surface area contributed by atoms with Crippen LogP contribution in [0.2, 0.25) is 4.34 Å². The lowest BCUT2D eigenvalue weighted by molar-refractivity contribution is 0.232. The molecule has 0 aliphatic rings. The van der Waals surface area contributed by atoms with E-state index in [2.05, 4.69) is 63.5 Å². The average molecular weight is 342 g/mol. The highest BCUT2D eigenvalue weighted by Gasteiger charge is 2.30. The minimum absolute atomic E-state index is 0.0589. The molecule has 21 heavy (non-hydrogen) atoms. The van der Waals surface area contributed by atoms with E-state index in [1.54, 1.807) is 22.7 Å². The minimum Gasteiger partial charge on any atom is -0.300 e. The number of hydrogen-bond donors (Lipinski definition) is 1. The average Bonchev–Trinajstić information content (AvgIpc) is 2.93. The molecule has 0 spiro atoms. The first-order chi connectivity index (χ1) is 9.66. The Bertz CT molecular complexity index is 564. The number of thiophene rings is 2. The first kappa shape index (κ1) is 17.0. The van der Waals surface area contributed by atoms with E-state index in [-0.39, 0.29) is 11.6 Å². The zero-order chi connectivity index (χ0) is 15.7. The van der Waals surface area contributed by atoms with Crippen LogP contribution in [-0.2, 0) is 0 Å². The van der Waals surface area contributed by atoms with Crippen LogP contribution in [0.25, 0.3) is 0 Å². The molecule has 0 aromatic carbocycles. The van der Waals surface area contributed by atoms with Gasteiger partial charge in [0.1, 0.15) is 0 Å². The van der Waals surface area contributed by atoms with Crippen molar-refractivity contribution in [2.75, 3.05) is 0 Å². The molecule has 4 heteroatoms. The monoisotopic (exact) mass is 341 g/mol. The van der Waals surface area contributed by atoms with Crippen LogP contribution < -0.4 is 5.32 Å². The summed E-state index contributed by atoms with van der Waals surface area (Å²) in [5, 5.41) is 5.98. The normalized spacial score (nSPS) is 14.4. The van der Waals surface area contributed by atoms with Gasteiger partial charge in [0.05, 0.1) is 10.4 Å². The van der Waals surface area contributed by atoms with Gasteiger partial charge in [0, 0.05) is 15.3 Å². The van der Waals surface area contributed by atoms with Crippen molar-refractivity contribution < 1.29 is 0 Å². The van der Waals surface area contributed by atoms with Crippen molar-refractivity contribution >= 4 is 34.3 Å². The molecule has 1 unspecified atom stereocenters. The van der Waals surface area contributed by atoms with Crippen LogP contribution in [0.15, 0.2) is 29.6 Å². The smallest absolute Gasteiger partial charge is 0.0931 e. The van der Waals surface area contributed by atoms with Crippen molar-refractivity contribution in [3.05, 3.63) is 43.7 Å². The second-order valence-corrected chi connectivity index (χ2v) is 10.1. The summed E-state index contributed by atoms with van der Waals surface area (Å²) in [7, 11) is 0. The maximum Gasteiger partial charge on any atom is 0.0931 e. The summed E-state index contributed by atoms with van der Waals surface area (Å²) in [6, 6.07) is 8.65. The fourth-order valence-electron chi connectivity index (χ4n) is 2.99. The Morgan fingerprint density at radius 2 is 1.81 bits per heavy atom. The van der Waals surface area contributed by atoms with Gasteiger partial charge in [-0.15, -0.1) is 22.7 Å². The Hall–Kier alpha value is -0.350. The predicted octanol–water partition coefficient (Wildman–Crippen LogP) is 6.36. The van der Waals surface area contributed by atoms with Gasteiger partial charge in [0.25, 0.3) is 0 Å². The van der Waals surface area contributed by atoms with Crippen molar-refractivity contribution in [3.8, 4) is 0 Å². The van der Waals surface area contributed by atoms with E-state index in [9.17, 15) is 0 Å². The molecular formula is C17H24ClNS2. The second kappa shape index (κ2) is 6.41. The maximum atomic E-state index is 6.14. The van der Waals surface area contributed by atoms with E-state index < -0.39 is 0 Å². The standard InChI is InChI=1S/C17H24ClNS2/c1-16(2,3)11-17(4,5)19-15(12-7-6-10-20-12)13-8-9-14(18)21-13/h6-10,15,19H,11H2,1-5H3. The lowest BCUT2D eigenvalue weighted by Gasteiger charge is -2.36. The van der Waals surface area contributed by atoms with Crippen molar-refractivity contribution in [2.45, 2.75) is 52.6 Å². The number of nitrogens with one attached hydrogen (secondary N) is 1. The van der Waals surface area contributed by atoms with Gasteiger partial charge in [-0.05, 0) is 49.3 Å². The van der Waals surface area contributed by atoms with Crippen LogP contribution in [0.5, 0.6) is 0 Å². The molecule has 2 rings (SSSR count). The molecule has 0 aliphatic heterocycles. The summed E-state index contributed by atoms with van der Waals surface area (Å²) in [4.78, 5) is 2.62.